The molecule has 0 saturated carbocycles. The van der Waals surface area contributed by atoms with Crippen LogP contribution in [-0.2, 0) is 6.54 Å². The molecule has 1 saturated heterocycles. The fourth-order valence-electron chi connectivity index (χ4n) is 4.30. The largest absolute Gasteiger partial charge is 0.380 e. The van der Waals surface area contributed by atoms with E-state index in [1.807, 2.05) is 6.07 Å². The molecule has 3 aromatic rings. The van der Waals surface area contributed by atoms with Gasteiger partial charge in [0.2, 0.25) is 0 Å². The molecule has 2 heterocycles. The highest BCUT2D eigenvalue weighted by molar-refractivity contribution is 5.98. The number of anilines is 3. The number of hydrogen-bond acceptors (Lipinski definition) is 4. The molecule has 1 aromatic heterocycles. The highest BCUT2D eigenvalue weighted by Crippen LogP contribution is 2.31. The predicted molar refractivity (Wildman–Crippen MR) is 130 cm³/mol. The molecule has 4 rings (SSSR count). The number of halogens is 1. The van der Waals surface area contributed by atoms with Gasteiger partial charge in [0.05, 0.1) is 38.4 Å². The summed E-state index contributed by atoms with van der Waals surface area (Å²) >= 11 is 0. The van der Waals surface area contributed by atoms with E-state index in [4.69, 9.17) is 5.73 Å². The van der Waals surface area contributed by atoms with Gasteiger partial charge in [-0.1, -0.05) is 24.3 Å². The Hall–Kier alpha value is -3.45. The fourth-order valence-corrected chi connectivity index (χ4v) is 4.30. The maximum absolute atomic E-state index is 13.5. The van der Waals surface area contributed by atoms with Crippen molar-refractivity contribution in [2.75, 3.05) is 37.8 Å². The number of nitrogens with two attached hydrogens (primary N) is 1. The maximum Gasteiger partial charge on any atom is 0.252 e. The highest BCUT2D eigenvalue weighted by Gasteiger charge is 2.26. The number of nitrogens with one attached hydrogen (secondary N) is 2. The first-order valence-electron chi connectivity index (χ1n) is 11.3. The van der Waals surface area contributed by atoms with Crippen molar-refractivity contribution in [3.63, 3.8) is 0 Å². The lowest BCUT2D eigenvalue weighted by atomic mass is 9.89. The second-order valence-electron chi connectivity index (χ2n) is 9.37. The monoisotopic (exact) mass is 448 g/mol. The Morgan fingerprint density at radius 2 is 1.85 bits per heavy atom. The number of amides is 1. The molecule has 2 aromatic carbocycles. The third kappa shape index (κ3) is 5.87. The average molecular weight is 449 g/mol. The summed E-state index contributed by atoms with van der Waals surface area (Å²) < 4.78 is 14.6. The van der Waals surface area contributed by atoms with Gasteiger partial charge in [-0.05, 0) is 41.3 Å². The number of pyridine rings is 1. The van der Waals surface area contributed by atoms with Crippen LogP contribution in [0.5, 0.6) is 0 Å². The molecule has 0 radical (unpaired) electrons. The van der Waals surface area contributed by atoms with Crippen LogP contribution in [0.3, 0.4) is 0 Å². The van der Waals surface area contributed by atoms with Crippen molar-refractivity contribution in [2.45, 2.75) is 25.3 Å². The Labute approximate surface area is 194 Å². The van der Waals surface area contributed by atoms with Crippen molar-refractivity contribution in [3.05, 3.63) is 83.3 Å². The van der Waals surface area contributed by atoms with Crippen molar-refractivity contribution >= 4 is 23.1 Å². The number of carbonyl (C=O) groups excluding carboxylic acids is 1. The molecule has 0 aliphatic carbocycles. The van der Waals surface area contributed by atoms with Gasteiger partial charge in [-0.15, -0.1) is 0 Å². The fraction of sp³-hybridized carbons (Fsp3) is 0.308. The molecule has 0 bridgehead atoms. The Balaban J connectivity index is 1.45. The summed E-state index contributed by atoms with van der Waals surface area (Å²) in [7, 11) is 4.59. The zero-order chi connectivity index (χ0) is 23.4. The summed E-state index contributed by atoms with van der Waals surface area (Å²) in [6.45, 7) is 2.76. The molecule has 1 amide bonds. The summed E-state index contributed by atoms with van der Waals surface area (Å²) in [4.78, 5) is 16.2. The van der Waals surface area contributed by atoms with Gasteiger partial charge in [0.1, 0.15) is 11.6 Å². The molecule has 6 nitrogen and oxygen atoms in total. The molecule has 1 aliphatic heterocycles. The Morgan fingerprint density at radius 3 is 2.52 bits per heavy atom. The average Bonchev–Trinajstić information content (AvgIpc) is 2.78. The van der Waals surface area contributed by atoms with E-state index in [9.17, 15) is 9.18 Å². The number of piperidine rings is 1. The van der Waals surface area contributed by atoms with Crippen molar-refractivity contribution < 1.29 is 13.7 Å². The van der Waals surface area contributed by atoms with Crippen LogP contribution in [0.15, 0.2) is 60.8 Å². The molecule has 4 N–H and O–H groups in total. The Morgan fingerprint density at radius 1 is 1.12 bits per heavy atom. The van der Waals surface area contributed by atoms with Gasteiger partial charge < -0.3 is 20.9 Å². The molecule has 7 heteroatoms. The molecule has 0 unspecified atom stereocenters. The maximum atomic E-state index is 13.5. The zero-order valence-corrected chi connectivity index (χ0v) is 19.1. The van der Waals surface area contributed by atoms with E-state index in [1.165, 1.54) is 49.8 Å². The lowest BCUT2D eigenvalue weighted by molar-refractivity contribution is -0.895. The topological polar surface area (TPSA) is 80.0 Å². The van der Waals surface area contributed by atoms with E-state index in [1.54, 1.807) is 12.1 Å². The number of nitrogens with zero attached hydrogens (tertiary/aromatic N) is 2. The smallest absolute Gasteiger partial charge is 0.252 e. The van der Waals surface area contributed by atoms with E-state index in [0.29, 0.717) is 24.0 Å². The quantitative estimate of drug-likeness (QED) is 0.461. The number of carbonyl (C=O) groups is 1. The van der Waals surface area contributed by atoms with Gasteiger partial charge in [-0.3, -0.25) is 4.79 Å². The Bertz CT molecular complexity index is 1120. The number of quaternary nitrogens is 1. The molecular weight excluding hydrogens is 417 g/mol. The summed E-state index contributed by atoms with van der Waals surface area (Å²) in [5, 5.41) is 6.47. The lowest BCUT2D eigenvalue weighted by Crippen LogP contribution is -2.45. The van der Waals surface area contributed by atoms with Crippen molar-refractivity contribution in [3.8, 4) is 0 Å². The summed E-state index contributed by atoms with van der Waals surface area (Å²) in [6.07, 6.45) is 3.86. The van der Waals surface area contributed by atoms with Gasteiger partial charge in [0.25, 0.3) is 5.91 Å². The molecule has 0 atom stereocenters. The SMILES string of the molecule is C[N+]1(C)CCC(c2ccc(Nc3cc(NCc4cccc(F)c4)c(C(N)=O)cn3)cc2)CC1. The van der Waals surface area contributed by atoms with E-state index in [0.717, 1.165) is 15.7 Å². The van der Waals surface area contributed by atoms with E-state index < -0.39 is 5.91 Å². The number of likely N-dealkylation sites (tertiary alicyclic amines) is 1. The third-order valence-electron chi connectivity index (χ3n) is 6.36. The summed E-state index contributed by atoms with van der Waals surface area (Å²) in [5.74, 6) is 0.318. The molecule has 1 fully saturated rings. The van der Waals surface area contributed by atoms with E-state index in [-0.39, 0.29) is 11.4 Å². The van der Waals surface area contributed by atoms with Crippen molar-refractivity contribution in [1.82, 2.24) is 4.98 Å². The minimum Gasteiger partial charge on any atom is -0.380 e. The molecule has 172 valence electrons. The van der Waals surface area contributed by atoms with Crippen LogP contribution in [-0.4, -0.2) is 42.6 Å². The van der Waals surface area contributed by atoms with Crippen LogP contribution in [0.2, 0.25) is 0 Å². The first-order valence-corrected chi connectivity index (χ1v) is 11.3. The number of primary amides is 1. The lowest BCUT2D eigenvalue weighted by Gasteiger charge is -2.37. The van der Waals surface area contributed by atoms with Crippen LogP contribution in [0.4, 0.5) is 21.6 Å². The standard InChI is InChI=1S/C26H30FN5O/c1-32(2)12-10-20(11-13-32)19-6-8-22(9-7-19)31-25-15-24(23(17-30-25)26(28)33)29-16-18-4-3-5-21(27)14-18/h3-9,14-15,17,20H,10-13,16H2,1-2H3,(H3-,28,29,30,31,33)/p+1. The van der Waals surface area contributed by atoms with Crippen LogP contribution < -0.4 is 16.4 Å². The molecule has 0 spiro atoms. The third-order valence-corrected chi connectivity index (χ3v) is 6.36. The van der Waals surface area contributed by atoms with E-state index >= 15 is 0 Å². The minimum atomic E-state index is -0.575. The van der Waals surface area contributed by atoms with Crippen molar-refractivity contribution in [2.24, 2.45) is 5.73 Å². The summed E-state index contributed by atoms with van der Waals surface area (Å²) in [6, 6.07) is 16.5. The first kappa shape index (κ1) is 22.7. The van der Waals surface area contributed by atoms with Gasteiger partial charge in [-0.25, -0.2) is 9.37 Å². The zero-order valence-electron chi connectivity index (χ0n) is 19.1. The van der Waals surface area contributed by atoms with Crippen LogP contribution in [0.25, 0.3) is 0 Å². The van der Waals surface area contributed by atoms with Crippen molar-refractivity contribution in [1.29, 1.82) is 0 Å². The van der Waals surface area contributed by atoms with Crippen LogP contribution in [0.1, 0.15) is 40.2 Å². The molecule has 33 heavy (non-hydrogen) atoms. The normalized spacial score (nSPS) is 15.7. The highest BCUT2D eigenvalue weighted by atomic mass is 19.1. The second kappa shape index (κ2) is 9.58. The van der Waals surface area contributed by atoms with Crippen LogP contribution in [0, 0.1) is 5.82 Å². The van der Waals surface area contributed by atoms with Gasteiger partial charge >= 0.3 is 0 Å². The minimum absolute atomic E-state index is 0.283. The first-order chi connectivity index (χ1) is 15.8. The number of rotatable bonds is 7. The number of benzene rings is 2. The second-order valence-corrected chi connectivity index (χ2v) is 9.37. The van der Waals surface area contributed by atoms with Gasteiger partial charge in [0.15, 0.2) is 0 Å². The van der Waals surface area contributed by atoms with Gasteiger partial charge in [-0.2, -0.15) is 0 Å². The number of hydrogen-bond donors (Lipinski definition) is 3. The number of aromatic nitrogens is 1. The van der Waals surface area contributed by atoms with E-state index in [2.05, 4.69) is 54.0 Å². The Kier molecular flexibility index (Phi) is 6.60. The molecule has 1 aliphatic rings. The molecular formula is C26H31FN5O+. The van der Waals surface area contributed by atoms with Crippen LogP contribution >= 0.6 is 0 Å². The predicted octanol–water partition coefficient (Wildman–Crippen LogP) is 4.63. The van der Waals surface area contributed by atoms with Gasteiger partial charge in [0, 0.05) is 37.3 Å². The summed E-state index contributed by atoms with van der Waals surface area (Å²) in [5.41, 5.74) is 9.39.